The number of ether oxygens (including phenoxy) is 2. The molecule has 3 rings (SSSR count). The molecule has 5 nitrogen and oxygen atoms in total. The number of aliphatic imine (C=N–C) groups is 1. The molecule has 0 amide bonds. The van der Waals surface area contributed by atoms with Gasteiger partial charge in [-0.15, -0.1) is 0 Å². The lowest BCUT2D eigenvalue weighted by atomic mass is 9.74. The van der Waals surface area contributed by atoms with Gasteiger partial charge >= 0.3 is 0 Å². The average molecular weight is 402 g/mol. The molecule has 150 valence electrons. The van der Waals surface area contributed by atoms with Crippen LogP contribution in [0.1, 0.15) is 24.0 Å². The molecule has 0 aromatic heterocycles. The van der Waals surface area contributed by atoms with Crippen LogP contribution in [0.2, 0.25) is 5.02 Å². The van der Waals surface area contributed by atoms with Crippen LogP contribution in [-0.2, 0) is 16.7 Å². The fraction of sp³-hybridized carbons (Fsp3) is 0.409. The van der Waals surface area contributed by atoms with Crippen molar-refractivity contribution in [1.29, 1.82) is 0 Å². The van der Waals surface area contributed by atoms with Gasteiger partial charge < -0.3 is 20.1 Å². The van der Waals surface area contributed by atoms with Crippen molar-refractivity contribution in [1.82, 2.24) is 10.6 Å². The van der Waals surface area contributed by atoms with Crippen molar-refractivity contribution >= 4 is 17.6 Å². The number of nitrogens with zero attached hydrogens (tertiary/aromatic N) is 1. The van der Waals surface area contributed by atoms with Gasteiger partial charge in [0.15, 0.2) is 5.96 Å². The molecule has 0 unspecified atom stereocenters. The predicted molar refractivity (Wildman–Crippen MR) is 114 cm³/mol. The van der Waals surface area contributed by atoms with Crippen LogP contribution in [-0.4, -0.2) is 39.9 Å². The number of guanidine groups is 1. The zero-order chi connectivity index (χ0) is 19.8. The Hall–Kier alpha value is -2.24. The monoisotopic (exact) mass is 401 g/mol. The van der Waals surface area contributed by atoms with E-state index < -0.39 is 0 Å². The van der Waals surface area contributed by atoms with Gasteiger partial charge in [0, 0.05) is 49.4 Å². The number of methoxy groups -OCH3 is 1. The van der Waals surface area contributed by atoms with Gasteiger partial charge in [0.1, 0.15) is 5.75 Å². The van der Waals surface area contributed by atoms with Crippen LogP contribution in [0, 0.1) is 0 Å². The summed E-state index contributed by atoms with van der Waals surface area (Å²) in [6, 6.07) is 16.1. The molecular formula is C22H28ClN3O2. The molecule has 0 bridgehead atoms. The van der Waals surface area contributed by atoms with Gasteiger partial charge in [-0.05, 0) is 30.5 Å². The maximum Gasteiger partial charge on any atom is 0.191 e. The van der Waals surface area contributed by atoms with Crippen LogP contribution in [0.5, 0.6) is 5.75 Å². The number of hydrogen-bond acceptors (Lipinski definition) is 3. The van der Waals surface area contributed by atoms with E-state index >= 15 is 0 Å². The van der Waals surface area contributed by atoms with Crippen molar-refractivity contribution in [2.45, 2.75) is 24.8 Å². The number of hydrogen-bond donors (Lipinski definition) is 2. The number of nitrogens with one attached hydrogen (secondary N) is 2. The number of benzene rings is 2. The third-order valence-corrected chi connectivity index (χ3v) is 5.68. The van der Waals surface area contributed by atoms with Crippen LogP contribution in [0.15, 0.2) is 53.5 Å². The molecule has 2 aromatic carbocycles. The van der Waals surface area contributed by atoms with Gasteiger partial charge in [-0.3, -0.25) is 4.99 Å². The fourth-order valence-electron chi connectivity index (χ4n) is 3.70. The molecule has 1 heterocycles. The molecule has 0 spiro atoms. The summed E-state index contributed by atoms with van der Waals surface area (Å²) in [5.41, 5.74) is 2.19. The molecule has 1 fully saturated rings. The SMILES string of the molecule is CN=C(NCc1ccccc1OC)NCC1(c2ccccc2Cl)CCOCC1. The summed E-state index contributed by atoms with van der Waals surface area (Å²) in [5.74, 6) is 1.62. The quantitative estimate of drug-likeness (QED) is 0.571. The van der Waals surface area contributed by atoms with Crippen LogP contribution in [0.4, 0.5) is 0 Å². The molecule has 1 aliphatic heterocycles. The first kappa shape index (κ1) is 20.5. The molecule has 0 aliphatic carbocycles. The standard InChI is InChI=1S/C22H28ClN3O2/c1-24-21(25-15-17-7-3-6-10-20(17)27-2)26-16-22(11-13-28-14-12-22)18-8-4-5-9-19(18)23/h3-10H,11-16H2,1-2H3,(H2,24,25,26). The second kappa shape index (κ2) is 9.80. The van der Waals surface area contributed by atoms with Crippen molar-refractivity contribution in [3.63, 3.8) is 0 Å². The van der Waals surface area contributed by atoms with Gasteiger partial charge in [0.2, 0.25) is 0 Å². The fourth-order valence-corrected chi connectivity index (χ4v) is 4.03. The Labute approximate surface area is 172 Å². The molecule has 28 heavy (non-hydrogen) atoms. The summed E-state index contributed by atoms with van der Waals surface area (Å²) in [6.07, 6.45) is 1.85. The first-order valence-corrected chi connectivity index (χ1v) is 9.95. The Morgan fingerprint density at radius 2 is 1.82 bits per heavy atom. The van der Waals surface area contributed by atoms with Crippen molar-refractivity contribution in [3.8, 4) is 5.75 Å². The van der Waals surface area contributed by atoms with Crippen LogP contribution >= 0.6 is 11.6 Å². The highest BCUT2D eigenvalue weighted by Crippen LogP contribution is 2.38. The van der Waals surface area contributed by atoms with Crippen LogP contribution in [0.3, 0.4) is 0 Å². The van der Waals surface area contributed by atoms with Gasteiger partial charge in [-0.2, -0.15) is 0 Å². The first-order valence-electron chi connectivity index (χ1n) is 9.58. The van der Waals surface area contributed by atoms with E-state index in [9.17, 15) is 0 Å². The Balaban J connectivity index is 1.69. The molecular weight excluding hydrogens is 374 g/mol. The second-order valence-corrected chi connectivity index (χ2v) is 7.37. The molecule has 0 saturated carbocycles. The lowest BCUT2D eigenvalue weighted by molar-refractivity contribution is 0.0514. The zero-order valence-electron chi connectivity index (χ0n) is 16.5. The topological polar surface area (TPSA) is 54.9 Å². The minimum atomic E-state index is -0.0708. The molecule has 1 saturated heterocycles. The van der Waals surface area contributed by atoms with Crippen molar-refractivity contribution in [3.05, 3.63) is 64.7 Å². The summed E-state index contributed by atoms with van der Waals surface area (Å²) in [6.45, 7) is 2.85. The van der Waals surface area contributed by atoms with Crippen molar-refractivity contribution in [2.24, 2.45) is 4.99 Å². The van der Waals surface area contributed by atoms with E-state index in [0.29, 0.717) is 6.54 Å². The Morgan fingerprint density at radius 3 is 2.54 bits per heavy atom. The smallest absolute Gasteiger partial charge is 0.191 e. The van der Waals surface area contributed by atoms with E-state index in [2.05, 4.69) is 21.7 Å². The highest BCUT2D eigenvalue weighted by atomic mass is 35.5. The maximum absolute atomic E-state index is 6.54. The molecule has 2 aromatic rings. The van der Waals surface area contributed by atoms with Crippen LogP contribution < -0.4 is 15.4 Å². The third kappa shape index (κ3) is 4.78. The summed E-state index contributed by atoms with van der Waals surface area (Å²) < 4.78 is 11.0. The summed E-state index contributed by atoms with van der Waals surface area (Å²) >= 11 is 6.54. The average Bonchev–Trinajstić information content (AvgIpc) is 2.75. The third-order valence-electron chi connectivity index (χ3n) is 5.35. The van der Waals surface area contributed by atoms with E-state index in [0.717, 1.165) is 54.9 Å². The Morgan fingerprint density at radius 1 is 1.11 bits per heavy atom. The second-order valence-electron chi connectivity index (χ2n) is 6.96. The zero-order valence-corrected chi connectivity index (χ0v) is 17.3. The van der Waals surface area contributed by atoms with Gasteiger partial charge in [-0.25, -0.2) is 0 Å². The van der Waals surface area contributed by atoms with E-state index in [-0.39, 0.29) is 5.41 Å². The summed E-state index contributed by atoms with van der Waals surface area (Å²) in [7, 11) is 3.47. The van der Waals surface area contributed by atoms with E-state index in [1.165, 1.54) is 5.56 Å². The lowest BCUT2D eigenvalue weighted by Gasteiger charge is -2.38. The van der Waals surface area contributed by atoms with E-state index in [1.54, 1.807) is 14.2 Å². The molecule has 2 N–H and O–H groups in total. The van der Waals surface area contributed by atoms with Gasteiger partial charge in [0.25, 0.3) is 0 Å². The minimum Gasteiger partial charge on any atom is -0.496 e. The van der Waals surface area contributed by atoms with E-state index in [4.69, 9.17) is 21.1 Å². The predicted octanol–water partition coefficient (Wildman–Crippen LogP) is 3.76. The van der Waals surface area contributed by atoms with Gasteiger partial charge in [0.05, 0.1) is 7.11 Å². The number of para-hydroxylation sites is 1. The van der Waals surface area contributed by atoms with E-state index in [1.807, 2.05) is 42.5 Å². The van der Waals surface area contributed by atoms with Crippen molar-refractivity contribution in [2.75, 3.05) is 33.9 Å². The van der Waals surface area contributed by atoms with Crippen molar-refractivity contribution < 1.29 is 9.47 Å². The molecule has 6 heteroatoms. The molecule has 0 atom stereocenters. The van der Waals surface area contributed by atoms with Gasteiger partial charge in [-0.1, -0.05) is 48.0 Å². The highest BCUT2D eigenvalue weighted by Gasteiger charge is 2.36. The summed E-state index contributed by atoms with van der Waals surface area (Å²) in [5, 5.41) is 7.68. The largest absolute Gasteiger partial charge is 0.496 e. The lowest BCUT2D eigenvalue weighted by Crippen LogP contribution is -2.48. The normalized spacial score (nSPS) is 16.5. The number of halogens is 1. The summed E-state index contributed by atoms with van der Waals surface area (Å²) in [4.78, 5) is 4.38. The molecule has 0 radical (unpaired) electrons. The van der Waals surface area contributed by atoms with Crippen LogP contribution in [0.25, 0.3) is 0 Å². The Bertz CT molecular complexity index is 804. The highest BCUT2D eigenvalue weighted by molar-refractivity contribution is 6.31. The minimum absolute atomic E-state index is 0.0708. The molecule has 1 aliphatic rings. The first-order chi connectivity index (χ1) is 13.7. The maximum atomic E-state index is 6.54. The Kier molecular flexibility index (Phi) is 7.18. The number of rotatable bonds is 6.